The number of fused-ring (bicyclic) bond motifs is 1. The second-order valence-corrected chi connectivity index (χ2v) is 5.15. The zero-order chi connectivity index (χ0) is 12.7. The first-order chi connectivity index (χ1) is 8.63. The Morgan fingerprint density at radius 1 is 1.28 bits per heavy atom. The summed E-state index contributed by atoms with van der Waals surface area (Å²) in [6.45, 7) is 5.21. The van der Waals surface area contributed by atoms with Gasteiger partial charge < -0.3 is 5.73 Å². The summed E-state index contributed by atoms with van der Waals surface area (Å²) < 4.78 is 1.96. The van der Waals surface area contributed by atoms with Gasteiger partial charge in [0, 0.05) is 18.9 Å². The third-order valence-electron chi connectivity index (χ3n) is 3.88. The summed E-state index contributed by atoms with van der Waals surface area (Å²) in [5.74, 6) is 1.94. The largest absolute Gasteiger partial charge is 0.366 e. The lowest BCUT2D eigenvalue weighted by Crippen LogP contribution is -2.20. The summed E-state index contributed by atoms with van der Waals surface area (Å²) in [7, 11) is 0. The van der Waals surface area contributed by atoms with Crippen molar-refractivity contribution in [3.05, 3.63) is 40.7 Å². The number of nitrogens with zero attached hydrogens (tertiary/aromatic N) is 3. The van der Waals surface area contributed by atoms with E-state index >= 15 is 0 Å². The van der Waals surface area contributed by atoms with Gasteiger partial charge in [-0.05, 0) is 37.0 Å². The van der Waals surface area contributed by atoms with Gasteiger partial charge in [0.2, 0.25) is 5.95 Å². The van der Waals surface area contributed by atoms with Crippen LogP contribution in [0.5, 0.6) is 0 Å². The van der Waals surface area contributed by atoms with Gasteiger partial charge in [-0.1, -0.05) is 18.2 Å². The number of hydrogen-bond donors (Lipinski definition) is 1. The molecule has 0 saturated heterocycles. The highest BCUT2D eigenvalue weighted by molar-refractivity contribution is 5.32. The molecule has 0 fully saturated rings. The maximum atomic E-state index is 5.64. The predicted octanol–water partition coefficient (Wildman–Crippen LogP) is 2.21. The van der Waals surface area contributed by atoms with E-state index in [-0.39, 0.29) is 0 Å². The summed E-state index contributed by atoms with van der Waals surface area (Å²) in [5.41, 5.74) is 9.75. The molecule has 0 saturated carbocycles. The molecule has 1 aromatic carbocycles. The first-order valence-corrected chi connectivity index (χ1v) is 6.40. The van der Waals surface area contributed by atoms with Crippen LogP contribution in [0.15, 0.2) is 18.2 Å². The van der Waals surface area contributed by atoms with E-state index in [1.165, 1.54) is 16.7 Å². The van der Waals surface area contributed by atoms with Crippen LogP contribution in [-0.4, -0.2) is 14.8 Å². The van der Waals surface area contributed by atoms with Crippen LogP contribution in [0.25, 0.3) is 0 Å². The van der Waals surface area contributed by atoms with Gasteiger partial charge >= 0.3 is 0 Å². The molecule has 4 heteroatoms. The minimum atomic E-state index is 0.394. The second-order valence-electron chi connectivity index (χ2n) is 5.15. The fraction of sp³-hybridized carbons (Fsp3) is 0.429. The van der Waals surface area contributed by atoms with E-state index in [0.717, 1.165) is 25.2 Å². The SMILES string of the molecule is Cc1ccc(C2CCc3nc(N)nn3C2)cc1C. The van der Waals surface area contributed by atoms with Gasteiger partial charge in [-0.3, -0.25) is 0 Å². The molecule has 4 nitrogen and oxygen atoms in total. The molecule has 0 amide bonds. The standard InChI is InChI=1S/C14H18N4/c1-9-3-4-11(7-10(9)2)12-5-6-13-16-14(15)17-18(13)8-12/h3-4,7,12H,5-6,8H2,1-2H3,(H2,15,17). The van der Waals surface area contributed by atoms with Crippen molar-refractivity contribution in [1.29, 1.82) is 0 Å². The Kier molecular flexibility index (Phi) is 2.58. The Bertz CT molecular complexity index is 585. The predicted molar refractivity (Wildman–Crippen MR) is 71.4 cm³/mol. The third-order valence-corrected chi connectivity index (χ3v) is 3.88. The topological polar surface area (TPSA) is 56.7 Å². The average Bonchev–Trinajstić information content (AvgIpc) is 2.71. The van der Waals surface area contributed by atoms with Gasteiger partial charge in [0.05, 0.1) is 0 Å². The van der Waals surface area contributed by atoms with Crippen molar-refractivity contribution in [2.45, 2.75) is 39.2 Å². The smallest absolute Gasteiger partial charge is 0.239 e. The van der Waals surface area contributed by atoms with Crippen molar-refractivity contribution in [1.82, 2.24) is 14.8 Å². The molecule has 1 aliphatic heterocycles. The van der Waals surface area contributed by atoms with Gasteiger partial charge in [-0.15, -0.1) is 5.10 Å². The van der Waals surface area contributed by atoms with E-state index in [1.54, 1.807) is 0 Å². The zero-order valence-electron chi connectivity index (χ0n) is 10.8. The van der Waals surface area contributed by atoms with Crippen LogP contribution >= 0.6 is 0 Å². The lowest BCUT2D eigenvalue weighted by Gasteiger charge is -2.23. The monoisotopic (exact) mass is 242 g/mol. The van der Waals surface area contributed by atoms with Crippen LogP contribution in [0, 0.1) is 13.8 Å². The van der Waals surface area contributed by atoms with Crippen LogP contribution in [0.2, 0.25) is 0 Å². The van der Waals surface area contributed by atoms with Gasteiger partial charge in [0.15, 0.2) is 0 Å². The maximum Gasteiger partial charge on any atom is 0.239 e. The normalized spacial score (nSPS) is 18.7. The van der Waals surface area contributed by atoms with Crippen molar-refractivity contribution < 1.29 is 0 Å². The fourth-order valence-electron chi connectivity index (χ4n) is 2.62. The van der Waals surface area contributed by atoms with Crippen molar-refractivity contribution in [2.24, 2.45) is 0 Å². The van der Waals surface area contributed by atoms with Crippen molar-refractivity contribution >= 4 is 5.95 Å². The summed E-state index contributed by atoms with van der Waals surface area (Å²) in [6, 6.07) is 6.74. The van der Waals surface area contributed by atoms with E-state index in [2.05, 4.69) is 42.1 Å². The van der Waals surface area contributed by atoms with E-state index in [1.807, 2.05) is 4.68 Å². The maximum absolute atomic E-state index is 5.64. The van der Waals surface area contributed by atoms with Crippen LogP contribution in [0.1, 0.15) is 34.9 Å². The number of nitrogen functional groups attached to an aromatic ring is 1. The van der Waals surface area contributed by atoms with Gasteiger partial charge in [-0.2, -0.15) is 4.98 Å². The number of nitrogens with two attached hydrogens (primary N) is 1. The third kappa shape index (κ3) is 1.88. The fourth-order valence-corrected chi connectivity index (χ4v) is 2.62. The van der Waals surface area contributed by atoms with Gasteiger partial charge in [0.1, 0.15) is 5.82 Å². The number of aryl methyl sites for hydroxylation is 3. The molecule has 1 unspecified atom stereocenters. The Labute approximate surface area is 107 Å². The molecule has 94 valence electrons. The Balaban J connectivity index is 1.89. The molecule has 0 radical (unpaired) electrons. The Morgan fingerprint density at radius 3 is 2.89 bits per heavy atom. The number of aromatic nitrogens is 3. The molecule has 0 bridgehead atoms. The molecule has 18 heavy (non-hydrogen) atoms. The molecule has 1 aromatic heterocycles. The van der Waals surface area contributed by atoms with Crippen LogP contribution < -0.4 is 5.73 Å². The van der Waals surface area contributed by atoms with Crippen molar-refractivity contribution in [2.75, 3.05) is 5.73 Å². The molecule has 2 heterocycles. The second kappa shape index (κ2) is 4.12. The molecule has 1 aliphatic rings. The Morgan fingerprint density at radius 2 is 2.11 bits per heavy atom. The van der Waals surface area contributed by atoms with Gasteiger partial charge in [0.25, 0.3) is 0 Å². The summed E-state index contributed by atoms with van der Waals surface area (Å²) in [4.78, 5) is 4.24. The highest BCUT2D eigenvalue weighted by Crippen LogP contribution is 2.29. The van der Waals surface area contributed by atoms with Crippen LogP contribution in [0.3, 0.4) is 0 Å². The lowest BCUT2D eigenvalue weighted by molar-refractivity contribution is 0.423. The van der Waals surface area contributed by atoms with Crippen molar-refractivity contribution in [3.8, 4) is 0 Å². The molecule has 2 aromatic rings. The lowest BCUT2D eigenvalue weighted by atomic mass is 9.90. The number of rotatable bonds is 1. The van der Waals surface area contributed by atoms with E-state index in [0.29, 0.717) is 11.9 Å². The zero-order valence-corrected chi connectivity index (χ0v) is 10.8. The summed E-state index contributed by atoms with van der Waals surface area (Å²) >= 11 is 0. The molecular weight excluding hydrogens is 224 g/mol. The van der Waals surface area contributed by atoms with Crippen molar-refractivity contribution in [3.63, 3.8) is 0 Å². The number of anilines is 1. The average molecular weight is 242 g/mol. The van der Waals surface area contributed by atoms with Crippen LogP contribution in [-0.2, 0) is 13.0 Å². The van der Waals surface area contributed by atoms with E-state index in [9.17, 15) is 0 Å². The first-order valence-electron chi connectivity index (χ1n) is 6.40. The van der Waals surface area contributed by atoms with E-state index in [4.69, 9.17) is 5.73 Å². The summed E-state index contributed by atoms with van der Waals surface area (Å²) in [5, 5.41) is 4.25. The molecule has 1 atom stereocenters. The Hall–Kier alpha value is -1.84. The van der Waals surface area contributed by atoms with Gasteiger partial charge in [-0.25, -0.2) is 4.68 Å². The molecule has 2 N–H and O–H groups in total. The molecule has 0 aliphatic carbocycles. The van der Waals surface area contributed by atoms with E-state index < -0.39 is 0 Å². The minimum Gasteiger partial charge on any atom is -0.366 e. The highest BCUT2D eigenvalue weighted by atomic mass is 15.4. The first kappa shape index (κ1) is 11.3. The highest BCUT2D eigenvalue weighted by Gasteiger charge is 2.22. The minimum absolute atomic E-state index is 0.394. The summed E-state index contributed by atoms with van der Waals surface area (Å²) in [6.07, 6.45) is 2.09. The quantitative estimate of drug-likeness (QED) is 0.834. The number of hydrogen-bond acceptors (Lipinski definition) is 3. The number of benzene rings is 1. The molecule has 3 rings (SSSR count). The van der Waals surface area contributed by atoms with Crippen LogP contribution in [0.4, 0.5) is 5.95 Å². The molecular formula is C14H18N4. The molecule has 0 spiro atoms.